The molecule has 0 saturated carbocycles. The third kappa shape index (κ3) is 2.70. The number of thiazole rings is 1. The smallest absolute Gasteiger partial charge is 0.188 e. The highest BCUT2D eigenvalue weighted by Gasteiger charge is 2.12. The monoisotopic (exact) mass is 418 g/mol. The zero-order chi connectivity index (χ0) is 14.3. The van der Waals surface area contributed by atoms with Crippen molar-refractivity contribution >= 4 is 64.2 Å². The van der Waals surface area contributed by atoms with Crippen LogP contribution in [0, 0.1) is 11.6 Å². The second-order valence-corrected chi connectivity index (χ2v) is 6.80. The highest BCUT2D eigenvalue weighted by atomic mass is 79.9. The van der Waals surface area contributed by atoms with E-state index in [1.54, 1.807) is 0 Å². The number of hydrogen-bond acceptors (Lipinski definition) is 3. The summed E-state index contributed by atoms with van der Waals surface area (Å²) >= 11 is 7.91. The van der Waals surface area contributed by atoms with Crippen LogP contribution >= 0.6 is 43.2 Å². The zero-order valence-electron chi connectivity index (χ0n) is 9.75. The lowest BCUT2D eigenvalue weighted by Crippen LogP contribution is -1.95. The Morgan fingerprint density at radius 2 is 1.90 bits per heavy atom. The number of anilines is 2. The van der Waals surface area contributed by atoms with Gasteiger partial charge in [0.25, 0.3) is 0 Å². The molecule has 0 fully saturated rings. The van der Waals surface area contributed by atoms with Gasteiger partial charge in [0, 0.05) is 15.0 Å². The molecule has 1 N–H and O–H groups in total. The van der Waals surface area contributed by atoms with E-state index in [0.717, 1.165) is 20.8 Å². The van der Waals surface area contributed by atoms with Gasteiger partial charge in [0.2, 0.25) is 0 Å². The molecule has 2 nitrogen and oxygen atoms in total. The highest BCUT2D eigenvalue weighted by Crippen LogP contribution is 2.34. The molecule has 0 aliphatic heterocycles. The molecule has 0 radical (unpaired) electrons. The molecule has 20 heavy (non-hydrogen) atoms. The largest absolute Gasteiger partial charge is 0.328 e. The molecule has 1 heterocycles. The van der Waals surface area contributed by atoms with Crippen molar-refractivity contribution in [1.82, 2.24) is 4.98 Å². The molecule has 0 bridgehead atoms. The lowest BCUT2D eigenvalue weighted by atomic mass is 10.3. The van der Waals surface area contributed by atoms with E-state index in [4.69, 9.17) is 0 Å². The van der Waals surface area contributed by atoms with Crippen LogP contribution in [0.15, 0.2) is 39.3 Å². The fraction of sp³-hybridized carbons (Fsp3) is 0. The number of hydrogen-bond donors (Lipinski definition) is 1. The first-order valence-corrected chi connectivity index (χ1v) is 7.91. The molecule has 0 unspecified atom stereocenters. The molecular formula is C13H6Br2F2N2S. The minimum Gasteiger partial charge on any atom is -0.328 e. The zero-order valence-corrected chi connectivity index (χ0v) is 13.7. The Hall–Kier alpha value is -1.05. The maximum absolute atomic E-state index is 13.8. The van der Waals surface area contributed by atoms with Crippen molar-refractivity contribution in [1.29, 1.82) is 0 Å². The summed E-state index contributed by atoms with van der Waals surface area (Å²) in [4.78, 5) is 4.37. The summed E-state index contributed by atoms with van der Waals surface area (Å²) in [5, 5.41) is 3.43. The van der Waals surface area contributed by atoms with Crippen LogP contribution in [-0.2, 0) is 0 Å². The standard InChI is InChI=1S/C13H6Br2F2N2S/c14-6-1-2-11-10(3-6)18-13(20-11)19-12-8(15)4-7(16)5-9(12)17/h1-5H,(H,18,19). The fourth-order valence-electron chi connectivity index (χ4n) is 1.72. The van der Waals surface area contributed by atoms with Gasteiger partial charge in [0.15, 0.2) is 10.9 Å². The summed E-state index contributed by atoms with van der Waals surface area (Å²) in [6.45, 7) is 0. The summed E-state index contributed by atoms with van der Waals surface area (Å²) < 4.78 is 29.0. The van der Waals surface area contributed by atoms with E-state index < -0.39 is 11.6 Å². The lowest BCUT2D eigenvalue weighted by Gasteiger charge is -2.06. The number of rotatable bonds is 2. The number of halogens is 4. The molecule has 0 aliphatic rings. The van der Waals surface area contributed by atoms with Crippen LogP contribution in [0.1, 0.15) is 0 Å². The van der Waals surface area contributed by atoms with Gasteiger partial charge >= 0.3 is 0 Å². The highest BCUT2D eigenvalue weighted by molar-refractivity contribution is 9.10. The quantitative estimate of drug-likeness (QED) is 0.564. The molecule has 0 spiro atoms. The maximum Gasteiger partial charge on any atom is 0.188 e. The van der Waals surface area contributed by atoms with Gasteiger partial charge in [-0.05, 0) is 40.2 Å². The van der Waals surface area contributed by atoms with E-state index in [-0.39, 0.29) is 5.69 Å². The normalized spacial score (nSPS) is 11.0. The van der Waals surface area contributed by atoms with E-state index in [2.05, 4.69) is 42.2 Å². The fourth-order valence-corrected chi connectivity index (χ4v) is 3.43. The van der Waals surface area contributed by atoms with Gasteiger partial charge in [-0.3, -0.25) is 0 Å². The molecule has 2 aromatic carbocycles. The Kier molecular flexibility index (Phi) is 3.74. The number of nitrogens with one attached hydrogen (secondary N) is 1. The SMILES string of the molecule is Fc1cc(F)c(Nc2nc3cc(Br)ccc3s2)c(Br)c1. The second kappa shape index (κ2) is 5.38. The van der Waals surface area contributed by atoms with Gasteiger partial charge in [-0.1, -0.05) is 27.3 Å². The Labute approximate surface area is 134 Å². The summed E-state index contributed by atoms with van der Waals surface area (Å²) in [7, 11) is 0. The van der Waals surface area contributed by atoms with E-state index in [1.165, 1.54) is 17.4 Å². The summed E-state index contributed by atoms with van der Waals surface area (Å²) in [6, 6.07) is 7.76. The third-order valence-corrected chi connectivity index (χ3v) is 4.66. The van der Waals surface area contributed by atoms with Crippen LogP contribution in [0.4, 0.5) is 19.6 Å². The molecule has 0 atom stereocenters. The van der Waals surface area contributed by atoms with Crippen molar-refractivity contribution in [3.63, 3.8) is 0 Å². The van der Waals surface area contributed by atoms with Crippen molar-refractivity contribution in [2.24, 2.45) is 0 Å². The van der Waals surface area contributed by atoms with Crippen LogP contribution in [0.25, 0.3) is 10.2 Å². The van der Waals surface area contributed by atoms with Crippen molar-refractivity contribution in [3.8, 4) is 0 Å². The number of benzene rings is 2. The molecule has 102 valence electrons. The van der Waals surface area contributed by atoms with Gasteiger partial charge in [0.1, 0.15) is 5.82 Å². The van der Waals surface area contributed by atoms with E-state index in [0.29, 0.717) is 9.60 Å². The second-order valence-electron chi connectivity index (χ2n) is 4.00. The van der Waals surface area contributed by atoms with Crippen LogP contribution in [-0.4, -0.2) is 4.98 Å². The summed E-state index contributed by atoms with van der Waals surface area (Å²) in [5.41, 5.74) is 0.982. The van der Waals surface area contributed by atoms with Gasteiger partial charge in [0.05, 0.1) is 15.9 Å². The first-order valence-electron chi connectivity index (χ1n) is 5.50. The predicted octanol–water partition coefficient (Wildman–Crippen LogP) is 5.84. The number of nitrogens with zero attached hydrogens (tertiary/aromatic N) is 1. The predicted molar refractivity (Wildman–Crippen MR) is 84.7 cm³/mol. The van der Waals surface area contributed by atoms with Crippen molar-refractivity contribution in [2.75, 3.05) is 5.32 Å². The molecule has 0 saturated heterocycles. The first-order chi connectivity index (χ1) is 9.52. The Morgan fingerprint density at radius 1 is 1.10 bits per heavy atom. The maximum atomic E-state index is 13.8. The van der Waals surface area contributed by atoms with E-state index in [9.17, 15) is 8.78 Å². The van der Waals surface area contributed by atoms with Crippen molar-refractivity contribution < 1.29 is 8.78 Å². The first kappa shape index (κ1) is 13.9. The molecular weight excluding hydrogens is 414 g/mol. The summed E-state index contributed by atoms with van der Waals surface area (Å²) in [5.74, 6) is -1.30. The Balaban J connectivity index is 2.01. The van der Waals surface area contributed by atoms with E-state index >= 15 is 0 Å². The minimum absolute atomic E-state index is 0.171. The third-order valence-electron chi connectivity index (χ3n) is 2.59. The average molecular weight is 420 g/mol. The molecule has 3 aromatic rings. The molecule has 1 aromatic heterocycles. The van der Waals surface area contributed by atoms with Crippen molar-refractivity contribution in [2.45, 2.75) is 0 Å². The molecule has 0 amide bonds. The summed E-state index contributed by atoms with van der Waals surface area (Å²) in [6.07, 6.45) is 0. The van der Waals surface area contributed by atoms with Gasteiger partial charge < -0.3 is 5.32 Å². The number of fused-ring (bicyclic) bond motifs is 1. The lowest BCUT2D eigenvalue weighted by molar-refractivity contribution is 0.584. The molecule has 7 heteroatoms. The van der Waals surface area contributed by atoms with Crippen molar-refractivity contribution in [3.05, 3.63) is 50.9 Å². The molecule has 0 aliphatic carbocycles. The van der Waals surface area contributed by atoms with Gasteiger partial charge in [-0.15, -0.1) is 0 Å². The Morgan fingerprint density at radius 3 is 2.65 bits per heavy atom. The van der Waals surface area contributed by atoms with E-state index in [1.807, 2.05) is 18.2 Å². The van der Waals surface area contributed by atoms with Gasteiger partial charge in [-0.2, -0.15) is 0 Å². The molecule has 3 rings (SSSR count). The number of aromatic nitrogens is 1. The topological polar surface area (TPSA) is 24.9 Å². The van der Waals surface area contributed by atoms with Gasteiger partial charge in [-0.25, -0.2) is 13.8 Å². The average Bonchev–Trinajstić information content (AvgIpc) is 2.75. The van der Waals surface area contributed by atoms with Crippen LogP contribution in [0.5, 0.6) is 0 Å². The Bertz CT molecular complexity index is 781. The van der Waals surface area contributed by atoms with Crippen LogP contribution in [0.2, 0.25) is 0 Å². The minimum atomic E-state index is -0.669. The van der Waals surface area contributed by atoms with Crippen LogP contribution in [0.3, 0.4) is 0 Å². The van der Waals surface area contributed by atoms with Crippen LogP contribution < -0.4 is 5.32 Å².